The van der Waals surface area contributed by atoms with Gasteiger partial charge in [-0.2, -0.15) is 0 Å². The second-order valence-corrected chi connectivity index (χ2v) is 7.53. The van der Waals surface area contributed by atoms with E-state index < -0.39 is 0 Å². The SMILES string of the molecule is C[Si](C)CC1CC(c2ccccc2)CO1. The van der Waals surface area contributed by atoms with Crippen molar-refractivity contribution in [3.05, 3.63) is 35.9 Å². The Morgan fingerprint density at radius 1 is 1.27 bits per heavy atom. The van der Waals surface area contributed by atoms with Gasteiger partial charge in [-0.15, -0.1) is 0 Å². The summed E-state index contributed by atoms with van der Waals surface area (Å²) in [7, 11) is -0.147. The average molecular weight is 219 g/mol. The molecule has 0 bridgehead atoms. The second-order valence-electron chi connectivity index (χ2n) is 4.71. The Hall–Kier alpha value is -0.603. The maximum atomic E-state index is 5.86. The van der Waals surface area contributed by atoms with Crippen molar-refractivity contribution < 1.29 is 4.74 Å². The highest BCUT2D eigenvalue weighted by Crippen LogP contribution is 2.31. The fourth-order valence-electron chi connectivity index (χ4n) is 2.26. The van der Waals surface area contributed by atoms with Crippen molar-refractivity contribution in [3.63, 3.8) is 0 Å². The monoisotopic (exact) mass is 219 g/mol. The number of hydrogen-bond acceptors (Lipinski definition) is 1. The van der Waals surface area contributed by atoms with Crippen LogP contribution >= 0.6 is 0 Å². The van der Waals surface area contributed by atoms with E-state index >= 15 is 0 Å². The minimum Gasteiger partial charge on any atom is -0.378 e. The van der Waals surface area contributed by atoms with E-state index in [4.69, 9.17) is 4.74 Å². The molecule has 1 nitrogen and oxygen atoms in total. The van der Waals surface area contributed by atoms with Crippen LogP contribution in [0.2, 0.25) is 19.1 Å². The van der Waals surface area contributed by atoms with Gasteiger partial charge in [0.1, 0.15) is 0 Å². The predicted octanol–water partition coefficient (Wildman–Crippen LogP) is 3.31. The molecule has 1 radical (unpaired) electrons. The number of rotatable bonds is 3. The maximum absolute atomic E-state index is 5.86. The first-order valence-corrected chi connectivity index (χ1v) is 8.42. The van der Waals surface area contributed by atoms with Crippen LogP contribution in [0.15, 0.2) is 30.3 Å². The molecule has 0 saturated carbocycles. The quantitative estimate of drug-likeness (QED) is 0.709. The van der Waals surface area contributed by atoms with Gasteiger partial charge in [-0.3, -0.25) is 0 Å². The molecule has 1 fully saturated rings. The third kappa shape index (κ3) is 2.92. The van der Waals surface area contributed by atoms with Crippen LogP contribution in [0.1, 0.15) is 17.9 Å². The summed E-state index contributed by atoms with van der Waals surface area (Å²) >= 11 is 0. The zero-order valence-corrected chi connectivity index (χ0v) is 10.6. The zero-order chi connectivity index (χ0) is 10.7. The molecule has 1 heterocycles. The number of ether oxygens (including phenoxy) is 1. The molecular formula is C13H19OSi. The van der Waals surface area contributed by atoms with E-state index in [0.29, 0.717) is 12.0 Å². The summed E-state index contributed by atoms with van der Waals surface area (Å²) < 4.78 is 5.86. The molecule has 1 saturated heterocycles. The Morgan fingerprint density at radius 2 is 2.00 bits per heavy atom. The van der Waals surface area contributed by atoms with Crippen LogP contribution in [0, 0.1) is 0 Å². The minimum atomic E-state index is -0.147. The first-order valence-electron chi connectivity index (χ1n) is 5.71. The Morgan fingerprint density at radius 3 is 2.67 bits per heavy atom. The van der Waals surface area contributed by atoms with Gasteiger partial charge in [0.05, 0.1) is 12.7 Å². The number of hydrogen-bond donors (Lipinski definition) is 0. The van der Waals surface area contributed by atoms with Crippen LogP contribution in [0.4, 0.5) is 0 Å². The molecule has 0 aromatic heterocycles. The standard InChI is InChI=1S/C13H19OSi/c1-15(2)10-13-8-12(9-14-13)11-6-4-3-5-7-11/h3-7,12-13H,8-10H2,1-2H3. The largest absolute Gasteiger partial charge is 0.378 e. The Kier molecular flexibility index (Phi) is 3.60. The molecular weight excluding hydrogens is 200 g/mol. The van der Waals surface area contributed by atoms with Crippen molar-refractivity contribution in [3.8, 4) is 0 Å². The molecule has 2 unspecified atom stereocenters. The third-order valence-electron chi connectivity index (χ3n) is 2.99. The molecule has 2 heteroatoms. The van der Waals surface area contributed by atoms with Gasteiger partial charge in [0.15, 0.2) is 0 Å². The molecule has 0 spiro atoms. The van der Waals surface area contributed by atoms with E-state index in [1.165, 1.54) is 18.0 Å². The van der Waals surface area contributed by atoms with Gasteiger partial charge >= 0.3 is 0 Å². The van der Waals surface area contributed by atoms with Crippen LogP contribution < -0.4 is 0 Å². The fourth-order valence-corrected chi connectivity index (χ4v) is 3.46. The van der Waals surface area contributed by atoms with E-state index in [1.54, 1.807) is 0 Å². The Labute approximate surface area is 94.1 Å². The summed E-state index contributed by atoms with van der Waals surface area (Å²) in [6.45, 7) is 5.65. The molecule has 1 aromatic rings. The van der Waals surface area contributed by atoms with Gasteiger partial charge in [0.2, 0.25) is 0 Å². The lowest BCUT2D eigenvalue weighted by atomic mass is 9.97. The van der Waals surface area contributed by atoms with Gasteiger partial charge < -0.3 is 4.74 Å². The van der Waals surface area contributed by atoms with Gasteiger partial charge in [-0.25, -0.2) is 0 Å². The normalized spacial score (nSPS) is 26.1. The average Bonchev–Trinajstić information content (AvgIpc) is 2.67. The molecule has 15 heavy (non-hydrogen) atoms. The summed E-state index contributed by atoms with van der Waals surface area (Å²) in [6, 6.07) is 12.1. The molecule has 1 aliphatic rings. The molecule has 0 amide bonds. The van der Waals surface area contributed by atoms with Crippen molar-refractivity contribution >= 4 is 8.80 Å². The highest BCUT2D eigenvalue weighted by Gasteiger charge is 2.26. The van der Waals surface area contributed by atoms with Crippen LogP contribution in [0.3, 0.4) is 0 Å². The zero-order valence-electron chi connectivity index (χ0n) is 9.57. The van der Waals surface area contributed by atoms with Gasteiger partial charge in [0.25, 0.3) is 0 Å². The third-order valence-corrected chi connectivity index (χ3v) is 4.26. The summed E-state index contributed by atoms with van der Waals surface area (Å²) in [5, 5.41) is 0. The van der Waals surface area contributed by atoms with Crippen LogP contribution in [0.25, 0.3) is 0 Å². The summed E-state index contributed by atoms with van der Waals surface area (Å²) in [5.74, 6) is 0.637. The summed E-state index contributed by atoms with van der Waals surface area (Å²) in [5.41, 5.74) is 1.45. The maximum Gasteiger partial charge on any atom is 0.0556 e. The highest BCUT2D eigenvalue weighted by atomic mass is 28.3. The van der Waals surface area contributed by atoms with E-state index in [1.807, 2.05) is 0 Å². The van der Waals surface area contributed by atoms with Gasteiger partial charge in [0, 0.05) is 14.7 Å². The fraction of sp³-hybridized carbons (Fsp3) is 0.538. The van der Waals surface area contributed by atoms with E-state index in [0.717, 1.165) is 6.61 Å². The van der Waals surface area contributed by atoms with Crippen LogP contribution in [-0.2, 0) is 4.74 Å². The van der Waals surface area contributed by atoms with E-state index in [9.17, 15) is 0 Å². The molecule has 81 valence electrons. The second kappa shape index (κ2) is 4.95. The predicted molar refractivity (Wildman–Crippen MR) is 65.8 cm³/mol. The van der Waals surface area contributed by atoms with Gasteiger partial charge in [-0.05, 0) is 18.0 Å². The molecule has 1 aromatic carbocycles. The smallest absolute Gasteiger partial charge is 0.0556 e. The summed E-state index contributed by atoms with van der Waals surface area (Å²) in [6.07, 6.45) is 1.75. The van der Waals surface area contributed by atoms with Crippen molar-refractivity contribution in [2.24, 2.45) is 0 Å². The first-order chi connectivity index (χ1) is 7.25. The van der Waals surface area contributed by atoms with E-state index in [-0.39, 0.29) is 8.80 Å². The molecule has 0 aliphatic carbocycles. The molecule has 2 atom stereocenters. The van der Waals surface area contributed by atoms with Crippen molar-refractivity contribution in [1.82, 2.24) is 0 Å². The molecule has 1 aliphatic heterocycles. The van der Waals surface area contributed by atoms with Crippen molar-refractivity contribution in [2.75, 3.05) is 6.61 Å². The summed E-state index contributed by atoms with van der Waals surface area (Å²) in [4.78, 5) is 0. The van der Waals surface area contributed by atoms with Crippen LogP contribution in [-0.4, -0.2) is 21.5 Å². The van der Waals surface area contributed by atoms with Crippen molar-refractivity contribution in [2.45, 2.75) is 37.6 Å². The van der Waals surface area contributed by atoms with Crippen LogP contribution in [0.5, 0.6) is 0 Å². The topological polar surface area (TPSA) is 9.23 Å². The molecule has 2 rings (SSSR count). The number of benzene rings is 1. The van der Waals surface area contributed by atoms with E-state index in [2.05, 4.69) is 43.4 Å². The Balaban J connectivity index is 1.93. The lowest BCUT2D eigenvalue weighted by Crippen LogP contribution is -2.13. The molecule has 0 N–H and O–H groups in total. The highest BCUT2D eigenvalue weighted by molar-refractivity contribution is 6.55. The Bertz CT molecular complexity index is 297. The van der Waals surface area contributed by atoms with Crippen molar-refractivity contribution in [1.29, 1.82) is 0 Å². The lowest BCUT2D eigenvalue weighted by Gasteiger charge is -2.10. The van der Waals surface area contributed by atoms with Gasteiger partial charge in [-0.1, -0.05) is 43.4 Å². The lowest BCUT2D eigenvalue weighted by molar-refractivity contribution is 0.123. The first kappa shape index (κ1) is 10.9. The minimum absolute atomic E-state index is 0.147.